The van der Waals surface area contributed by atoms with Gasteiger partial charge in [0.2, 0.25) is 0 Å². The molecule has 0 aliphatic heterocycles. The van der Waals surface area contributed by atoms with Crippen LogP contribution in [0.3, 0.4) is 0 Å². The molecule has 0 radical (unpaired) electrons. The van der Waals surface area contributed by atoms with Gasteiger partial charge in [-0.2, -0.15) is 5.26 Å². The maximum absolute atomic E-state index is 11.1. The highest BCUT2D eigenvalue weighted by Gasteiger charge is 2.17. The first-order valence-corrected chi connectivity index (χ1v) is 5.34. The van der Waals surface area contributed by atoms with Gasteiger partial charge in [-0.1, -0.05) is 11.6 Å². The summed E-state index contributed by atoms with van der Waals surface area (Å²) in [5, 5.41) is 8.09. The summed E-state index contributed by atoms with van der Waals surface area (Å²) in [6, 6.07) is 1.63. The third-order valence-corrected chi connectivity index (χ3v) is 2.53. The van der Waals surface area contributed by atoms with E-state index in [1.807, 2.05) is 0 Å². The van der Waals surface area contributed by atoms with E-state index < -0.39 is 9.84 Å². The largest absolute Gasteiger partial charge is 0.223 e. The lowest BCUT2D eigenvalue weighted by atomic mass is 10.4. The maximum atomic E-state index is 11.1. The summed E-state index contributed by atoms with van der Waals surface area (Å²) in [4.78, 5) is 6.97. The Morgan fingerprint density at radius 3 is 2.54 bits per heavy atom. The van der Waals surface area contributed by atoms with Gasteiger partial charge in [0, 0.05) is 6.26 Å². The van der Waals surface area contributed by atoms with Crippen LogP contribution in [-0.2, 0) is 9.84 Å². The predicted octanol–water partition coefficient (Wildman–Crippen LogP) is 0.405. The molecule has 0 fully saturated rings. The Labute approximate surface area is 79.9 Å². The number of hydrogen-bond acceptors (Lipinski definition) is 5. The van der Waals surface area contributed by atoms with Gasteiger partial charge in [0.1, 0.15) is 18.0 Å². The van der Waals surface area contributed by atoms with Crippen LogP contribution in [0.5, 0.6) is 0 Å². The first kappa shape index (κ1) is 9.89. The fourth-order valence-electron chi connectivity index (χ4n) is 0.724. The van der Waals surface area contributed by atoms with Crippen molar-refractivity contribution in [3.63, 3.8) is 0 Å². The highest BCUT2D eigenvalue weighted by Crippen LogP contribution is 2.17. The Bertz CT molecular complexity index is 477. The van der Waals surface area contributed by atoms with Crippen molar-refractivity contribution < 1.29 is 8.42 Å². The molecule has 68 valence electrons. The van der Waals surface area contributed by atoms with Crippen LogP contribution < -0.4 is 0 Å². The Hall–Kier alpha value is -1.19. The van der Waals surface area contributed by atoms with Crippen molar-refractivity contribution in [3.05, 3.63) is 17.0 Å². The molecule has 0 N–H and O–H groups in total. The van der Waals surface area contributed by atoms with Gasteiger partial charge < -0.3 is 0 Å². The maximum Gasteiger partial charge on any atom is 0.194 e. The summed E-state index contributed by atoms with van der Waals surface area (Å²) >= 11 is 5.50. The molecule has 1 heterocycles. The number of hydrogen-bond donors (Lipinski definition) is 0. The van der Waals surface area contributed by atoms with E-state index in [-0.39, 0.29) is 15.7 Å². The topological polar surface area (TPSA) is 83.7 Å². The molecule has 0 aliphatic rings. The van der Waals surface area contributed by atoms with Gasteiger partial charge in [0.05, 0.1) is 0 Å². The molecule has 0 saturated carbocycles. The smallest absolute Gasteiger partial charge is 0.194 e. The second-order valence-corrected chi connectivity index (χ2v) is 4.52. The van der Waals surface area contributed by atoms with Crippen LogP contribution in [0.2, 0.25) is 5.15 Å². The molecule has 7 heteroatoms. The van der Waals surface area contributed by atoms with Gasteiger partial charge in [-0.3, -0.25) is 0 Å². The Kier molecular flexibility index (Phi) is 2.50. The quantitative estimate of drug-likeness (QED) is 0.636. The van der Waals surface area contributed by atoms with Gasteiger partial charge in [0.25, 0.3) is 0 Å². The van der Waals surface area contributed by atoms with E-state index in [1.54, 1.807) is 6.07 Å². The molecule has 0 atom stereocenters. The summed E-state index contributed by atoms with van der Waals surface area (Å²) in [5.74, 6) is 0. The number of aromatic nitrogens is 2. The summed E-state index contributed by atoms with van der Waals surface area (Å²) in [7, 11) is -3.53. The van der Waals surface area contributed by atoms with E-state index >= 15 is 0 Å². The molecule has 0 spiro atoms. The van der Waals surface area contributed by atoms with Gasteiger partial charge in [-0.25, -0.2) is 18.4 Å². The molecule has 13 heavy (non-hydrogen) atoms. The van der Waals surface area contributed by atoms with Crippen LogP contribution >= 0.6 is 11.6 Å². The lowest BCUT2D eigenvalue weighted by Gasteiger charge is -1.99. The number of nitriles is 1. The summed E-state index contributed by atoms with van der Waals surface area (Å²) in [6.07, 6.45) is 1.95. The first-order chi connectivity index (χ1) is 5.96. The lowest BCUT2D eigenvalue weighted by molar-refractivity contribution is 0.597. The van der Waals surface area contributed by atoms with Gasteiger partial charge in [-0.05, 0) is 0 Å². The zero-order valence-electron chi connectivity index (χ0n) is 6.52. The molecule has 1 aromatic heterocycles. The van der Waals surface area contributed by atoms with Crippen molar-refractivity contribution in [2.24, 2.45) is 0 Å². The molecule has 0 unspecified atom stereocenters. The number of sulfone groups is 1. The Morgan fingerprint density at radius 2 is 2.15 bits per heavy atom. The lowest BCUT2D eigenvalue weighted by Crippen LogP contribution is -2.05. The third kappa shape index (κ3) is 1.94. The fourth-order valence-corrected chi connectivity index (χ4v) is 1.71. The van der Waals surface area contributed by atoms with Crippen molar-refractivity contribution in [3.8, 4) is 6.07 Å². The first-order valence-electron chi connectivity index (χ1n) is 3.07. The van der Waals surface area contributed by atoms with Crippen LogP contribution in [0.4, 0.5) is 0 Å². The molecular weight excluding hydrogens is 214 g/mol. The average Bonchev–Trinajstić information content (AvgIpc) is 2.02. The van der Waals surface area contributed by atoms with Crippen molar-refractivity contribution in [2.45, 2.75) is 5.03 Å². The minimum absolute atomic E-state index is 0.155. The van der Waals surface area contributed by atoms with Gasteiger partial charge >= 0.3 is 0 Å². The van der Waals surface area contributed by atoms with Crippen molar-refractivity contribution in [1.82, 2.24) is 9.97 Å². The van der Waals surface area contributed by atoms with E-state index in [2.05, 4.69) is 9.97 Å². The molecule has 0 aromatic carbocycles. The molecule has 5 nitrogen and oxygen atoms in total. The summed E-state index contributed by atoms with van der Waals surface area (Å²) < 4.78 is 22.1. The summed E-state index contributed by atoms with van der Waals surface area (Å²) in [6.45, 7) is 0. The standard InChI is InChI=1S/C6H4ClN3O2S/c1-13(11,12)6-4(2-8)5(7)9-3-10-6/h3H,1H3. The number of halogens is 1. The Morgan fingerprint density at radius 1 is 1.54 bits per heavy atom. The van der Waals surface area contributed by atoms with Gasteiger partial charge in [0.15, 0.2) is 20.0 Å². The Balaban J connectivity index is 3.59. The molecule has 1 rings (SSSR count). The molecule has 0 bridgehead atoms. The highest BCUT2D eigenvalue weighted by molar-refractivity contribution is 7.90. The second-order valence-electron chi connectivity index (χ2n) is 2.23. The van der Waals surface area contributed by atoms with E-state index in [0.29, 0.717) is 0 Å². The minimum Gasteiger partial charge on any atom is -0.223 e. The third-order valence-electron chi connectivity index (χ3n) is 1.23. The monoisotopic (exact) mass is 217 g/mol. The molecular formula is C6H4ClN3O2S. The predicted molar refractivity (Wildman–Crippen MR) is 44.9 cm³/mol. The zero-order valence-corrected chi connectivity index (χ0v) is 8.09. The van der Waals surface area contributed by atoms with E-state index in [1.165, 1.54) is 0 Å². The van der Waals surface area contributed by atoms with Crippen LogP contribution in [0.15, 0.2) is 11.4 Å². The minimum atomic E-state index is -3.53. The van der Waals surface area contributed by atoms with Crippen molar-refractivity contribution in [2.75, 3.05) is 6.26 Å². The summed E-state index contributed by atoms with van der Waals surface area (Å²) in [5.41, 5.74) is -0.216. The second kappa shape index (κ2) is 3.28. The molecule has 0 aliphatic carbocycles. The molecule has 0 amide bonds. The molecule has 0 saturated heterocycles. The number of nitrogens with zero attached hydrogens (tertiary/aromatic N) is 3. The van der Waals surface area contributed by atoms with E-state index in [9.17, 15) is 8.42 Å². The normalized spacial score (nSPS) is 10.8. The van der Waals surface area contributed by atoms with Crippen LogP contribution in [-0.4, -0.2) is 24.6 Å². The van der Waals surface area contributed by atoms with E-state index in [4.69, 9.17) is 16.9 Å². The van der Waals surface area contributed by atoms with E-state index in [0.717, 1.165) is 12.6 Å². The SMILES string of the molecule is CS(=O)(=O)c1ncnc(Cl)c1C#N. The van der Waals surface area contributed by atoms with Crippen molar-refractivity contribution in [1.29, 1.82) is 5.26 Å². The fraction of sp³-hybridized carbons (Fsp3) is 0.167. The van der Waals surface area contributed by atoms with Crippen molar-refractivity contribution >= 4 is 21.4 Å². The highest BCUT2D eigenvalue weighted by atomic mass is 35.5. The van der Waals surface area contributed by atoms with Crippen LogP contribution in [0, 0.1) is 11.3 Å². The van der Waals surface area contributed by atoms with Gasteiger partial charge in [-0.15, -0.1) is 0 Å². The van der Waals surface area contributed by atoms with Crippen LogP contribution in [0.25, 0.3) is 0 Å². The zero-order chi connectivity index (χ0) is 10.1. The number of rotatable bonds is 1. The molecule has 1 aromatic rings. The van der Waals surface area contributed by atoms with Crippen LogP contribution in [0.1, 0.15) is 5.56 Å². The average molecular weight is 218 g/mol.